The lowest BCUT2D eigenvalue weighted by Gasteiger charge is -2.36. The number of pyridine rings is 2. The van der Waals surface area contributed by atoms with Crippen LogP contribution < -0.4 is 15.8 Å². The number of hydrogen-bond acceptors (Lipinski definition) is 12. The number of anilines is 1. The van der Waals surface area contributed by atoms with Gasteiger partial charge in [-0.2, -0.15) is 0 Å². The summed E-state index contributed by atoms with van der Waals surface area (Å²) in [6.07, 6.45) is 2.80. The van der Waals surface area contributed by atoms with Crippen LogP contribution >= 0.6 is 0 Å². The number of carbonyl (C=O) groups excluding carboxylic acids is 4. The van der Waals surface area contributed by atoms with Gasteiger partial charge in [0.25, 0.3) is 5.56 Å². The summed E-state index contributed by atoms with van der Waals surface area (Å²) < 4.78 is 13.1. The Morgan fingerprint density at radius 3 is 2.35 bits per heavy atom. The molecule has 2 atom stereocenters. The van der Waals surface area contributed by atoms with Crippen molar-refractivity contribution in [2.45, 2.75) is 104 Å². The van der Waals surface area contributed by atoms with Crippen LogP contribution in [0.3, 0.4) is 0 Å². The summed E-state index contributed by atoms with van der Waals surface area (Å²) in [6, 6.07) is 16.8. The van der Waals surface area contributed by atoms with Crippen molar-refractivity contribution in [3.63, 3.8) is 0 Å². The zero-order chi connectivity index (χ0) is 48.2. The fourth-order valence-electron chi connectivity index (χ4n) is 10.1. The zero-order valence-corrected chi connectivity index (χ0v) is 38.9. The molecule has 16 nitrogen and oxygen atoms in total. The molecule has 4 aliphatic rings. The van der Waals surface area contributed by atoms with Crippen LogP contribution in [0.2, 0.25) is 0 Å². The zero-order valence-electron chi connectivity index (χ0n) is 38.9. The predicted octanol–water partition coefficient (Wildman–Crippen LogP) is 6.91. The first-order chi connectivity index (χ1) is 32.6. The fourth-order valence-corrected chi connectivity index (χ4v) is 10.1. The SMILES string of the molecule is CCc1c2c(nc3ccc(O)cc13)-c1cc3c(c(=O)n1C2)COC(=O)C3(CC)OC(=O)CCC(=O)N1CCN(Cc2ccc(N3C(=O)NC(CC)C=C3c3cc(C(C)C)c(O)cc3O)cc2)CC1. The van der Waals surface area contributed by atoms with Crippen molar-refractivity contribution in [1.82, 2.24) is 24.7 Å². The first kappa shape index (κ1) is 45.9. The normalized spacial score (nSPS) is 19.0. The van der Waals surface area contributed by atoms with Gasteiger partial charge in [-0.1, -0.05) is 46.8 Å². The molecule has 16 heteroatoms. The Bertz CT molecular complexity index is 2970. The molecule has 1 fully saturated rings. The third-order valence-electron chi connectivity index (χ3n) is 13.9. The summed E-state index contributed by atoms with van der Waals surface area (Å²) in [6.45, 7) is 12.2. The number of piperazine rings is 1. The molecule has 354 valence electrons. The molecule has 3 amide bonds. The smallest absolute Gasteiger partial charge is 0.355 e. The van der Waals surface area contributed by atoms with Crippen molar-refractivity contribution in [1.29, 1.82) is 0 Å². The van der Waals surface area contributed by atoms with E-state index < -0.39 is 17.5 Å². The summed E-state index contributed by atoms with van der Waals surface area (Å²) in [5, 5.41) is 35.5. The molecule has 0 saturated carbocycles. The highest BCUT2D eigenvalue weighted by Crippen LogP contribution is 2.43. The molecular weight excluding hydrogens is 869 g/mol. The number of aryl methyl sites for hydroxylation is 1. The maximum absolute atomic E-state index is 14.1. The quantitative estimate of drug-likeness (QED) is 0.0926. The number of carbonyl (C=O) groups is 4. The van der Waals surface area contributed by atoms with E-state index in [9.17, 15) is 39.3 Å². The van der Waals surface area contributed by atoms with Gasteiger partial charge in [0.15, 0.2) is 0 Å². The maximum atomic E-state index is 14.1. The van der Waals surface area contributed by atoms with Gasteiger partial charge in [0.05, 0.1) is 52.9 Å². The van der Waals surface area contributed by atoms with Crippen LogP contribution in [0.1, 0.15) is 105 Å². The summed E-state index contributed by atoms with van der Waals surface area (Å²) >= 11 is 0. The number of esters is 2. The number of phenolic OH excluding ortho intramolecular Hbond substituents is 3. The van der Waals surface area contributed by atoms with E-state index in [1.165, 1.54) is 11.0 Å². The number of ether oxygens (including phenoxy) is 2. The van der Waals surface area contributed by atoms with E-state index in [0.717, 1.165) is 22.1 Å². The number of fused-ring (bicyclic) bond motifs is 5. The van der Waals surface area contributed by atoms with Gasteiger partial charge < -0.3 is 39.6 Å². The Balaban J connectivity index is 0.835. The number of urea groups is 1. The number of rotatable bonds is 12. The minimum Gasteiger partial charge on any atom is -0.508 e. The largest absolute Gasteiger partial charge is 0.508 e. The average Bonchev–Trinajstić information content (AvgIpc) is 3.69. The molecule has 9 rings (SSSR count). The molecule has 1 saturated heterocycles. The van der Waals surface area contributed by atoms with Gasteiger partial charge in [-0.15, -0.1) is 0 Å². The van der Waals surface area contributed by atoms with Gasteiger partial charge in [-0.05, 0) is 90.4 Å². The van der Waals surface area contributed by atoms with Gasteiger partial charge >= 0.3 is 18.0 Å². The van der Waals surface area contributed by atoms with E-state index in [1.807, 2.05) is 58.0 Å². The van der Waals surface area contributed by atoms with Gasteiger partial charge in [-0.3, -0.25) is 24.2 Å². The molecule has 0 spiro atoms. The molecule has 0 radical (unpaired) electrons. The number of nitrogens with zero attached hydrogens (tertiary/aromatic N) is 5. The third kappa shape index (κ3) is 8.09. The Morgan fingerprint density at radius 1 is 0.912 bits per heavy atom. The monoisotopic (exact) mass is 924 g/mol. The standard InChI is InChI=1S/C52H56N6O10/c1-6-31-21-42(37-23-35(29(4)5)44(60)25-45(37)61)58(51(66)53-31)32-11-9-30(10-12-32)26-55-17-19-56(20-18-55)46(62)15-16-47(63)68-52(8-3)40-24-43-48-38(27-57(43)49(64)39(40)28-67-50(52)65)34(7-2)36-22-33(59)13-14-41(36)54-48/h9-14,21-25,29,31,59-61H,6-8,15-20,26-28H2,1-5H3,(H,53,66). The van der Waals surface area contributed by atoms with Crippen LogP contribution in [0.15, 0.2) is 71.5 Å². The second-order valence-electron chi connectivity index (χ2n) is 18.3. The molecule has 3 aromatic carbocycles. The summed E-state index contributed by atoms with van der Waals surface area (Å²) in [5.74, 6) is -1.79. The van der Waals surface area contributed by atoms with E-state index in [1.54, 1.807) is 46.7 Å². The lowest BCUT2D eigenvalue weighted by molar-refractivity contribution is -0.189. The Labute approximate surface area is 393 Å². The molecule has 6 heterocycles. The minimum atomic E-state index is -1.89. The van der Waals surface area contributed by atoms with Crippen LogP contribution in [0.4, 0.5) is 10.5 Å². The van der Waals surface area contributed by atoms with Crippen LogP contribution in [-0.4, -0.2) is 90.8 Å². The van der Waals surface area contributed by atoms with Gasteiger partial charge in [0.1, 0.15) is 23.9 Å². The molecular formula is C52H56N6O10. The summed E-state index contributed by atoms with van der Waals surface area (Å²) in [5.41, 5.74) is 5.02. The maximum Gasteiger partial charge on any atom is 0.355 e. The van der Waals surface area contributed by atoms with Gasteiger partial charge in [0, 0.05) is 67.3 Å². The number of amides is 3. The Hall–Kier alpha value is -7.20. The van der Waals surface area contributed by atoms with Crippen molar-refractivity contribution in [3.8, 4) is 28.6 Å². The molecule has 2 unspecified atom stereocenters. The number of cyclic esters (lactones) is 1. The highest BCUT2D eigenvalue weighted by molar-refractivity contribution is 6.07. The second-order valence-corrected chi connectivity index (χ2v) is 18.3. The number of nitrogens with one attached hydrogen (secondary N) is 1. The Morgan fingerprint density at radius 2 is 1.66 bits per heavy atom. The number of benzene rings is 3. The van der Waals surface area contributed by atoms with Crippen molar-refractivity contribution < 1.29 is 44.0 Å². The van der Waals surface area contributed by atoms with Crippen molar-refractivity contribution in [2.24, 2.45) is 0 Å². The Kier molecular flexibility index (Phi) is 12.2. The first-order valence-electron chi connectivity index (χ1n) is 23.4. The lowest BCUT2D eigenvalue weighted by Crippen LogP contribution is -2.49. The molecule has 0 bridgehead atoms. The fraction of sp³-hybridized carbons (Fsp3) is 0.385. The number of aromatic nitrogens is 2. The molecule has 2 aromatic heterocycles. The summed E-state index contributed by atoms with van der Waals surface area (Å²) in [4.78, 5) is 78.7. The number of aromatic hydroxyl groups is 3. The van der Waals surface area contributed by atoms with E-state index in [0.29, 0.717) is 85.0 Å². The number of hydrogen-bond donors (Lipinski definition) is 4. The van der Waals surface area contributed by atoms with Crippen molar-refractivity contribution >= 4 is 46.2 Å². The van der Waals surface area contributed by atoms with Gasteiger partial charge in [-0.25, -0.2) is 14.6 Å². The first-order valence-corrected chi connectivity index (χ1v) is 23.4. The lowest BCUT2D eigenvalue weighted by atomic mass is 9.85. The van der Waals surface area contributed by atoms with Crippen molar-refractivity contribution in [3.05, 3.63) is 116 Å². The van der Waals surface area contributed by atoms with E-state index in [-0.39, 0.29) is 90.2 Å². The average molecular weight is 925 g/mol. The number of phenols is 3. The molecule has 0 aliphatic carbocycles. The van der Waals surface area contributed by atoms with E-state index in [4.69, 9.17) is 14.5 Å². The molecule has 5 aromatic rings. The molecule has 4 N–H and O–H groups in total. The van der Waals surface area contributed by atoms with Crippen LogP contribution in [0, 0.1) is 0 Å². The predicted molar refractivity (Wildman–Crippen MR) is 254 cm³/mol. The molecule has 4 aliphatic heterocycles. The van der Waals surface area contributed by atoms with E-state index in [2.05, 4.69) is 10.2 Å². The minimum absolute atomic E-state index is 0.00178. The summed E-state index contributed by atoms with van der Waals surface area (Å²) in [7, 11) is 0. The van der Waals surface area contributed by atoms with Gasteiger partial charge in [0.2, 0.25) is 11.5 Å². The highest BCUT2D eigenvalue weighted by atomic mass is 16.6. The second kappa shape index (κ2) is 18.1. The highest BCUT2D eigenvalue weighted by Gasteiger charge is 2.50. The van der Waals surface area contributed by atoms with Crippen LogP contribution in [0.25, 0.3) is 28.0 Å². The van der Waals surface area contributed by atoms with Crippen LogP contribution in [0.5, 0.6) is 17.2 Å². The van der Waals surface area contributed by atoms with Crippen LogP contribution in [-0.2, 0) is 55.6 Å². The third-order valence-corrected chi connectivity index (χ3v) is 13.9. The van der Waals surface area contributed by atoms with Crippen molar-refractivity contribution in [2.75, 3.05) is 31.1 Å². The molecule has 68 heavy (non-hydrogen) atoms. The topological polar surface area (TPSA) is 204 Å². The van der Waals surface area contributed by atoms with E-state index >= 15 is 0 Å².